The summed E-state index contributed by atoms with van der Waals surface area (Å²) < 4.78 is 7.67. The van der Waals surface area contributed by atoms with Gasteiger partial charge in [0.1, 0.15) is 11.5 Å². The molecule has 0 aliphatic carbocycles. The van der Waals surface area contributed by atoms with Crippen LogP contribution >= 0.6 is 15.9 Å². The first kappa shape index (κ1) is 14.6. The Morgan fingerprint density at radius 3 is 2.60 bits per heavy atom. The van der Waals surface area contributed by atoms with E-state index in [0.717, 1.165) is 0 Å². The van der Waals surface area contributed by atoms with Crippen molar-refractivity contribution in [2.75, 3.05) is 7.05 Å². The van der Waals surface area contributed by atoms with Crippen LogP contribution in [0.5, 0.6) is 0 Å². The molecule has 6 heteroatoms. The van der Waals surface area contributed by atoms with Gasteiger partial charge in [0, 0.05) is 25.9 Å². The second-order valence-corrected chi connectivity index (χ2v) is 5.43. The first-order valence-corrected chi connectivity index (χ1v) is 6.84. The summed E-state index contributed by atoms with van der Waals surface area (Å²) in [7, 11) is 3.44. The van der Waals surface area contributed by atoms with Gasteiger partial charge >= 0.3 is 0 Å². The fraction of sp³-hybridized carbons (Fsp3) is 0.286. The molecule has 0 saturated carbocycles. The molecule has 20 heavy (non-hydrogen) atoms. The molecule has 0 unspecified atom stereocenters. The molecule has 2 aromatic heterocycles. The van der Waals surface area contributed by atoms with Gasteiger partial charge in [-0.05, 0) is 41.1 Å². The number of aromatic nitrogens is 1. The first-order valence-electron chi connectivity index (χ1n) is 6.05. The number of hydrogen-bond donors (Lipinski definition) is 0. The fourth-order valence-electron chi connectivity index (χ4n) is 1.91. The van der Waals surface area contributed by atoms with Crippen LogP contribution in [0.1, 0.15) is 33.5 Å². The van der Waals surface area contributed by atoms with Crippen LogP contribution in [0.2, 0.25) is 0 Å². The van der Waals surface area contributed by atoms with E-state index in [4.69, 9.17) is 4.42 Å². The van der Waals surface area contributed by atoms with Crippen molar-refractivity contribution in [2.45, 2.75) is 13.5 Å². The monoisotopic (exact) mass is 338 g/mol. The van der Waals surface area contributed by atoms with Crippen LogP contribution in [0.3, 0.4) is 0 Å². The van der Waals surface area contributed by atoms with Crippen LogP contribution in [-0.2, 0) is 13.6 Å². The highest BCUT2D eigenvalue weighted by Gasteiger charge is 2.18. The van der Waals surface area contributed by atoms with Gasteiger partial charge in [-0.1, -0.05) is 0 Å². The number of nitrogens with zero attached hydrogens (tertiary/aromatic N) is 2. The van der Waals surface area contributed by atoms with E-state index in [9.17, 15) is 9.59 Å². The molecule has 2 rings (SSSR count). The molecule has 1 amide bonds. The Bertz CT molecular complexity index is 657. The third kappa shape index (κ3) is 3.01. The van der Waals surface area contributed by atoms with Crippen LogP contribution in [0.25, 0.3) is 0 Å². The Morgan fingerprint density at radius 1 is 1.40 bits per heavy atom. The molecule has 2 aromatic rings. The van der Waals surface area contributed by atoms with Crippen molar-refractivity contribution in [3.05, 3.63) is 46.1 Å². The van der Waals surface area contributed by atoms with E-state index in [-0.39, 0.29) is 11.7 Å². The minimum atomic E-state index is -0.160. The van der Waals surface area contributed by atoms with Crippen molar-refractivity contribution >= 4 is 27.6 Å². The molecule has 0 atom stereocenters. The lowest BCUT2D eigenvalue weighted by Gasteiger charge is -2.15. The molecular weight excluding hydrogens is 324 g/mol. The maximum absolute atomic E-state index is 12.4. The minimum Gasteiger partial charge on any atom is -0.452 e. The van der Waals surface area contributed by atoms with Gasteiger partial charge in [0.15, 0.2) is 10.5 Å². The van der Waals surface area contributed by atoms with Crippen molar-refractivity contribution in [1.82, 2.24) is 9.47 Å². The van der Waals surface area contributed by atoms with E-state index in [1.165, 1.54) is 6.92 Å². The molecule has 106 valence electrons. The van der Waals surface area contributed by atoms with E-state index in [1.807, 2.05) is 0 Å². The fourth-order valence-corrected chi connectivity index (χ4v) is 2.25. The normalized spacial score (nSPS) is 10.6. The zero-order valence-electron chi connectivity index (χ0n) is 11.5. The number of carbonyl (C=O) groups excluding carboxylic acids is 2. The largest absolute Gasteiger partial charge is 0.452 e. The third-order valence-electron chi connectivity index (χ3n) is 3.00. The van der Waals surface area contributed by atoms with Gasteiger partial charge in [-0.2, -0.15) is 0 Å². The molecule has 0 aromatic carbocycles. The van der Waals surface area contributed by atoms with Gasteiger partial charge in [0.05, 0.1) is 6.54 Å². The number of ketones is 1. The van der Waals surface area contributed by atoms with Crippen molar-refractivity contribution in [1.29, 1.82) is 0 Å². The van der Waals surface area contributed by atoms with Crippen molar-refractivity contribution < 1.29 is 14.0 Å². The van der Waals surface area contributed by atoms with Crippen molar-refractivity contribution in [2.24, 2.45) is 7.05 Å². The van der Waals surface area contributed by atoms with E-state index in [1.54, 1.807) is 48.0 Å². The van der Waals surface area contributed by atoms with Crippen molar-refractivity contribution in [3.63, 3.8) is 0 Å². The number of Topliss-reactive ketones (excluding diaryl/α,β-unsaturated/α-hetero) is 1. The Kier molecular flexibility index (Phi) is 4.13. The number of carbonyl (C=O) groups is 2. The summed E-state index contributed by atoms with van der Waals surface area (Å²) >= 11 is 3.22. The minimum absolute atomic E-state index is 0.0581. The average Bonchev–Trinajstić information content (AvgIpc) is 2.95. The highest BCUT2D eigenvalue weighted by molar-refractivity contribution is 9.10. The lowest BCUT2D eigenvalue weighted by molar-refractivity contribution is 0.0765. The topological polar surface area (TPSA) is 55.5 Å². The standard InChI is InChI=1S/C14H15BrN2O3/c1-9(18)10-6-12(16(2)7-10)14(19)17(3)8-11-4-5-13(15)20-11/h4-7H,8H2,1-3H3. The van der Waals surface area contributed by atoms with Crippen LogP contribution in [0.15, 0.2) is 33.5 Å². The smallest absolute Gasteiger partial charge is 0.270 e. The first-order chi connectivity index (χ1) is 9.38. The summed E-state index contributed by atoms with van der Waals surface area (Å²) in [6.45, 7) is 1.85. The molecule has 0 N–H and O–H groups in total. The van der Waals surface area contributed by atoms with E-state index in [0.29, 0.717) is 28.2 Å². The quantitative estimate of drug-likeness (QED) is 0.805. The second kappa shape index (κ2) is 5.66. The van der Waals surface area contributed by atoms with Gasteiger partial charge in [0.25, 0.3) is 5.91 Å². The average molecular weight is 339 g/mol. The van der Waals surface area contributed by atoms with E-state index in [2.05, 4.69) is 15.9 Å². The molecule has 0 radical (unpaired) electrons. The summed E-state index contributed by atoms with van der Waals surface area (Å²) in [6.07, 6.45) is 1.66. The van der Waals surface area contributed by atoms with E-state index < -0.39 is 0 Å². The SMILES string of the molecule is CC(=O)c1cc(C(=O)N(C)Cc2ccc(Br)o2)n(C)c1. The summed E-state index contributed by atoms with van der Waals surface area (Å²) in [5, 5.41) is 0. The van der Waals surface area contributed by atoms with Crippen LogP contribution in [-0.4, -0.2) is 28.2 Å². The van der Waals surface area contributed by atoms with Gasteiger partial charge in [-0.3, -0.25) is 9.59 Å². The van der Waals surface area contributed by atoms with Gasteiger partial charge in [-0.15, -0.1) is 0 Å². The van der Waals surface area contributed by atoms with Gasteiger partial charge in [0.2, 0.25) is 0 Å². The maximum atomic E-state index is 12.4. The Morgan fingerprint density at radius 2 is 2.10 bits per heavy atom. The molecule has 0 bridgehead atoms. The molecule has 0 aliphatic heterocycles. The predicted octanol–water partition coefficient (Wildman–Crippen LogP) is 2.86. The molecular formula is C14H15BrN2O3. The molecule has 0 spiro atoms. The number of furan rings is 1. The highest BCUT2D eigenvalue weighted by Crippen LogP contribution is 2.17. The Balaban J connectivity index is 2.16. The summed E-state index contributed by atoms with van der Waals surface area (Å²) in [6, 6.07) is 5.20. The maximum Gasteiger partial charge on any atom is 0.270 e. The number of amides is 1. The van der Waals surface area contributed by atoms with Crippen LogP contribution in [0.4, 0.5) is 0 Å². The zero-order valence-corrected chi connectivity index (χ0v) is 13.1. The van der Waals surface area contributed by atoms with Crippen molar-refractivity contribution in [3.8, 4) is 0 Å². The highest BCUT2D eigenvalue weighted by atomic mass is 79.9. The number of hydrogen-bond acceptors (Lipinski definition) is 3. The molecule has 0 aliphatic rings. The second-order valence-electron chi connectivity index (χ2n) is 4.65. The summed E-state index contributed by atoms with van der Waals surface area (Å²) in [4.78, 5) is 25.2. The molecule has 5 nitrogen and oxygen atoms in total. The number of rotatable bonds is 4. The lowest BCUT2D eigenvalue weighted by atomic mass is 10.2. The Hall–Kier alpha value is -1.82. The summed E-state index contributed by atoms with van der Waals surface area (Å²) in [5.74, 6) is 0.471. The number of halogens is 1. The Labute approximate surface area is 125 Å². The summed E-state index contributed by atoms with van der Waals surface area (Å²) in [5.41, 5.74) is 1.01. The number of aryl methyl sites for hydroxylation is 1. The molecule has 0 saturated heterocycles. The van der Waals surface area contributed by atoms with E-state index >= 15 is 0 Å². The zero-order chi connectivity index (χ0) is 14.9. The predicted molar refractivity (Wildman–Crippen MR) is 77.6 cm³/mol. The molecule has 0 fully saturated rings. The molecule has 2 heterocycles. The van der Waals surface area contributed by atoms with Gasteiger partial charge < -0.3 is 13.9 Å². The van der Waals surface area contributed by atoms with Crippen LogP contribution < -0.4 is 0 Å². The van der Waals surface area contributed by atoms with Crippen LogP contribution in [0, 0.1) is 0 Å². The van der Waals surface area contributed by atoms with Gasteiger partial charge in [-0.25, -0.2) is 0 Å². The third-order valence-corrected chi connectivity index (χ3v) is 3.43. The lowest BCUT2D eigenvalue weighted by Crippen LogP contribution is -2.27.